The van der Waals surface area contributed by atoms with Crippen LogP contribution in [-0.4, -0.2) is 29.2 Å². The third-order valence-electron chi connectivity index (χ3n) is 6.99. The van der Waals surface area contributed by atoms with Gasteiger partial charge in [-0.3, -0.25) is 14.5 Å². The van der Waals surface area contributed by atoms with Gasteiger partial charge in [0.1, 0.15) is 12.3 Å². The Hall–Kier alpha value is -2.43. The number of esters is 1. The first kappa shape index (κ1) is 17.7. The lowest BCUT2D eigenvalue weighted by Crippen LogP contribution is -2.40. The average Bonchev–Trinajstić information content (AvgIpc) is 3.43. The predicted octanol–water partition coefficient (Wildman–Crippen LogP) is 2.94. The molecule has 0 aromatic heterocycles. The number of imide groups is 1. The fourth-order valence-electron chi connectivity index (χ4n) is 5.49. The Labute approximate surface area is 164 Å². The van der Waals surface area contributed by atoms with Crippen molar-refractivity contribution in [3.63, 3.8) is 0 Å². The van der Waals surface area contributed by atoms with Gasteiger partial charge in [-0.1, -0.05) is 45.1 Å². The number of nitrogens with zero attached hydrogens (tertiary/aromatic N) is 1. The van der Waals surface area contributed by atoms with E-state index in [0.29, 0.717) is 17.6 Å². The zero-order valence-electron chi connectivity index (χ0n) is 16.4. The van der Waals surface area contributed by atoms with Crippen LogP contribution in [0.2, 0.25) is 0 Å². The summed E-state index contributed by atoms with van der Waals surface area (Å²) in [7, 11) is 0. The number of benzene rings is 1. The first-order chi connectivity index (χ1) is 13.3. The molecule has 6 rings (SSSR count). The molecular weight excluding hydrogens is 354 g/mol. The third-order valence-corrected chi connectivity index (χ3v) is 6.99. The number of carbonyl (C=O) groups is 3. The van der Waals surface area contributed by atoms with E-state index >= 15 is 0 Å². The van der Waals surface area contributed by atoms with Crippen LogP contribution in [0.25, 0.3) is 0 Å². The SMILES string of the molecule is CC(C)(C)c1ccc(OC(=O)CN2C(=O)[C@@H]3[C@H]4C=C[C@@H]([C@@H]5C[C@@H]45)[C@@H]3C2=O)cc1. The molecule has 146 valence electrons. The summed E-state index contributed by atoms with van der Waals surface area (Å²) in [6.45, 7) is 6.04. The number of ether oxygens (including phenoxy) is 1. The lowest BCUT2D eigenvalue weighted by molar-refractivity contribution is -0.148. The molecular formula is C23H25NO4. The Morgan fingerprint density at radius 1 is 1.00 bits per heavy atom. The molecule has 5 aliphatic rings. The zero-order valence-corrected chi connectivity index (χ0v) is 16.4. The second-order valence-electron chi connectivity index (χ2n) is 9.67. The molecule has 2 amide bonds. The summed E-state index contributed by atoms with van der Waals surface area (Å²) >= 11 is 0. The first-order valence-corrected chi connectivity index (χ1v) is 10.1. The summed E-state index contributed by atoms with van der Waals surface area (Å²) in [6, 6.07) is 7.37. The maximum atomic E-state index is 12.9. The van der Waals surface area contributed by atoms with Gasteiger partial charge in [-0.25, -0.2) is 4.79 Å². The minimum Gasteiger partial charge on any atom is -0.425 e. The summed E-state index contributed by atoms with van der Waals surface area (Å²) in [5.74, 6) is 0.369. The van der Waals surface area contributed by atoms with Crippen molar-refractivity contribution >= 4 is 17.8 Å². The van der Waals surface area contributed by atoms with E-state index < -0.39 is 5.97 Å². The van der Waals surface area contributed by atoms with Gasteiger partial charge in [0.15, 0.2) is 0 Å². The molecule has 1 aromatic rings. The van der Waals surface area contributed by atoms with E-state index in [2.05, 4.69) is 32.9 Å². The highest BCUT2D eigenvalue weighted by atomic mass is 16.5. The number of allylic oxidation sites excluding steroid dienone is 2. The van der Waals surface area contributed by atoms with Gasteiger partial charge in [-0.05, 0) is 53.2 Å². The van der Waals surface area contributed by atoms with E-state index in [1.165, 1.54) is 0 Å². The van der Waals surface area contributed by atoms with Gasteiger partial charge in [0.05, 0.1) is 11.8 Å². The van der Waals surface area contributed by atoms with E-state index in [9.17, 15) is 14.4 Å². The van der Waals surface area contributed by atoms with Crippen molar-refractivity contribution in [2.24, 2.45) is 35.5 Å². The highest BCUT2D eigenvalue weighted by Crippen LogP contribution is 2.65. The fourth-order valence-corrected chi connectivity index (χ4v) is 5.49. The molecule has 5 nitrogen and oxygen atoms in total. The molecule has 1 heterocycles. The Balaban J connectivity index is 1.27. The van der Waals surface area contributed by atoms with Crippen LogP contribution in [0, 0.1) is 35.5 Å². The van der Waals surface area contributed by atoms with Crippen LogP contribution in [-0.2, 0) is 19.8 Å². The summed E-state index contributed by atoms with van der Waals surface area (Å²) in [6.07, 6.45) is 5.38. The van der Waals surface area contributed by atoms with Crippen molar-refractivity contribution in [2.75, 3.05) is 6.54 Å². The first-order valence-electron chi connectivity index (χ1n) is 10.1. The molecule has 28 heavy (non-hydrogen) atoms. The second-order valence-corrected chi connectivity index (χ2v) is 9.67. The molecule has 0 radical (unpaired) electrons. The van der Waals surface area contributed by atoms with Crippen molar-refractivity contribution < 1.29 is 19.1 Å². The Morgan fingerprint density at radius 2 is 1.54 bits per heavy atom. The quantitative estimate of drug-likeness (QED) is 0.351. The molecule has 3 fully saturated rings. The smallest absolute Gasteiger partial charge is 0.331 e. The van der Waals surface area contributed by atoms with Gasteiger partial charge in [0.25, 0.3) is 0 Å². The number of carbonyl (C=O) groups excluding carboxylic acids is 3. The molecule has 1 aromatic carbocycles. The molecule has 5 heteroatoms. The summed E-state index contributed by atoms with van der Waals surface area (Å²) in [4.78, 5) is 39.4. The van der Waals surface area contributed by atoms with Crippen LogP contribution in [0.1, 0.15) is 32.8 Å². The molecule has 2 saturated carbocycles. The Kier molecular flexibility index (Phi) is 3.65. The maximum Gasteiger partial charge on any atom is 0.331 e. The summed E-state index contributed by atoms with van der Waals surface area (Å²) in [5, 5.41) is 0. The minimum atomic E-state index is -0.575. The molecule has 1 saturated heterocycles. The van der Waals surface area contributed by atoms with Crippen molar-refractivity contribution in [3.05, 3.63) is 42.0 Å². The molecule has 0 unspecified atom stereocenters. The van der Waals surface area contributed by atoms with Crippen molar-refractivity contribution in [1.29, 1.82) is 0 Å². The lowest BCUT2D eigenvalue weighted by Gasteiger charge is -2.37. The van der Waals surface area contributed by atoms with Crippen LogP contribution in [0.15, 0.2) is 36.4 Å². The Morgan fingerprint density at radius 3 is 2.04 bits per heavy atom. The Bertz CT molecular complexity index is 858. The lowest BCUT2D eigenvalue weighted by atomic mass is 9.63. The molecule has 1 aliphatic heterocycles. The van der Waals surface area contributed by atoms with Gasteiger partial charge in [0, 0.05) is 0 Å². The van der Waals surface area contributed by atoms with Crippen LogP contribution in [0.5, 0.6) is 5.75 Å². The van der Waals surface area contributed by atoms with E-state index in [1.807, 2.05) is 12.1 Å². The molecule has 6 atom stereocenters. The number of amides is 2. The number of rotatable bonds is 3. The normalized spacial score (nSPS) is 35.0. The third kappa shape index (κ3) is 2.55. The second kappa shape index (κ2) is 5.79. The van der Waals surface area contributed by atoms with Crippen LogP contribution >= 0.6 is 0 Å². The van der Waals surface area contributed by atoms with E-state index in [4.69, 9.17) is 4.74 Å². The summed E-state index contributed by atoms with van der Waals surface area (Å²) in [5.41, 5.74) is 1.16. The standard InChI is InChI=1S/C23H25NO4/c1-23(2,3)12-4-6-13(7-5-12)28-18(25)11-24-21(26)19-14-8-9-15(17-10-16(14)17)20(19)22(24)27/h4-9,14-17,19-20H,10-11H2,1-3H3/t14-,15-,16-,17-,19-,20+/m0/s1. The van der Waals surface area contributed by atoms with E-state index in [-0.39, 0.29) is 47.4 Å². The fraction of sp³-hybridized carbons (Fsp3) is 0.522. The van der Waals surface area contributed by atoms with E-state index in [0.717, 1.165) is 16.9 Å². The number of hydrogen-bond acceptors (Lipinski definition) is 4. The summed E-state index contributed by atoms with van der Waals surface area (Å²) < 4.78 is 5.39. The van der Waals surface area contributed by atoms with Crippen LogP contribution in [0.4, 0.5) is 0 Å². The topological polar surface area (TPSA) is 63.7 Å². The van der Waals surface area contributed by atoms with E-state index in [1.54, 1.807) is 12.1 Å². The highest BCUT2D eigenvalue weighted by molar-refractivity contribution is 6.08. The monoisotopic (exact) mass is 379 g/mol. The number of hydrogen-bond donors (Lipinski definition) is 0. The van der Waals surface area contributed by atoms with Gasteiger partial charge in [-0.2, -0.15) is 0 Å². The predicted molar refractivity (Wildman–Crippen MR) is 102 cm³/mol. The van der Waals surface area contributed by atoms with Crippen LogP contribution in [0.3, 0.4) is 0 Å². The highest BCUT2D eigenvalue weighted by Gasteiger charge is 2.67. The van der Waals surface area contributed by atoms with Crippen LogP contribution < -0.4 is 4.74 Å². The van der Waals surface area contributed by atoms with Crippen molar-refractivity contribution in [1.82, 2.24) is 4.90 Å². The number of likely N-dealkylation sites (tertiary alicyclic amines) is 1. The van der Waals surface area contributed by atoms with Crippen molar-refractivity contribution in [3.8, 4) is 5.75 Å². The van der Waals surface area contributed by atoms with Crippen molar-refractivity contribution in [2.45, 2.75) is 32.6 Å². The largest absolute Gasteiger partial charge is 0.425 e. The average molecular weight is 379 g/mol. The van der Waals surface area contributed by atoms with Gasteiger partial charge < -0.3 is 4.74 Å². The molecule has 0 spiro atoms. The molecule has 0 N–H and O–H groups in total. The van der Waals surface area contributed by atoms with Gasteiger partial charge >= 0.3 is 5.97 Å². The van der Waals surface area contributed by atoms with Gasteiger partial charge in [0.2, 0.25) is 11.8 Å². The molecule has 2 bridgehead atoms. The molecule has 4 aliphatic carbocycles. The maximum absolute atomic E-state index is 12.9. The minimum absolute atomic E-state index is 0.0152. The van der Waals surface area contributed by atoms with Gasteiger partial charge in [-0.15, -0.1) is 0 Å². The zero-order chi connectivity index (χ0) is 19.8.